The van der Waals surface area contributed by atoms with Crippen LogP contribution >= 0.6 is 23.4 Å². The summed E-state index contributed by atoms with van der Waals surface area (Å²) in [4.78, 5) is 23.9. The Bertz CT molecular complexity index is 1310. The average molecular weight is 494 g/mol. The highest BCUT2D eigenvalue weighted by atomic mass is 35.5. The van der Waals surface area contributed by atoms with Gasteiger partial charge in [-0.05, 0) is 23.3 Å². The van der Waals surface area contributed by atoms with Crippen LogP contribution in [0.3, 0.4) is 0 Å². The number of halogens is 1. The number of benzene rings is 3. The summed E-state index contributed by atoms with van der Waals surface area (Å²) in [6, 6.07) is 23.4. The summed E-state index contributed by atoms with van der Waals surface area (Å²) < 4.78 is 1.87. The van der Waals surface area contributed by atoms with Crippen molar-refractivity contribution < 1.29 is 9.72 Å². The van der Waals surface area contributed by atoms with Crippen LogP contribution in [-0.4, -0.2) is 25.6 Å². The molecule has 0 aliphatic heterocycles. The number of nitro groups is 1. The van der Waals surface area contributed by atoms with E-state index in [1.54, 1.807) is 0 Å². The molecule has 0 bridgehead atoms. The lowest BCUT2D eigenvalue weighted by Gasteiger charge is -2.17. The van der Waals surface area contributed by atoms with Gasteiger partial charge in [0, 0.05) is 25.2 Å². The zero-order chi connectivity index (χ0) is 24.1. The molecule has 0 saturated heterocycles. The van der Waals surface area contributed by atoms with E-state index in [2.05, 4.69) is 15.5 Å². The molecule has 0 spiro atoms. The summed E-state index contributed by atoms with van der Waals surface area (Å²) in [6.45, 7) is 0. The monoisotopic (exact) mass is 493 g/mol. The van der Waals surface area contributed by atoms with Crippen molar-refractivity contribution in [2.45, 2.75) is 16.8 Å². The van der Waals surface area contributed by atoms with Crippen LogP contribution in [0.1, 0.15) is 22.2 Å². The van der Waals surface area contributed by atoms with E-state index in [9.17, 15) is 14.9 Å². The van der Waals surface area contributed by atoms with Gasteiger partial charge in [-0.2, -0.15) is 0 Å². The minimum Gasteiger partial charge on any atom is -0.325 e. The first kappa shape index (κ1) is 23.5. The maximum Gasteiger partial charge on any atom is 0.289 e. The lowest BCUT2D eigenvalue weighted by atomic mass is 10.1. The van der Waals surface area contributed by atoms with Crippen molar-refractivity contribution in [1.29, 1.82) is 0 Å². The molecule has 4 rings (SSSR count). The van der Waals surface area contributed by atoms with Crippen molar-refractivity contribution in [3.8, 4) is 0 Å². The fourth-order valence-electron chi connectivity index (χ4n) is 3.32. The van der Waals surface area contributed by atoms with E-state index in [-0.39, 0.29) is 22.3 Å². The second kappa shape index (κ2) is 10.5. The Morgan fingerprint density at radius 1 is 1.09 bits per heavy atom. The predicted molar refractivity (Wildman–Crippen MR) is 132 cm³/mol. The van der Waals surface area contributed by atoms with Gasteiger partial charge in [0.05, 0.1) is 4.92 Å². The van der Waals surface area contributed by atoms with Crippen molar-refractivity contribution in [2.75, 3.05) is 5.32 Å². The molecule has 1 aromatic heterocycles. The minimum atomic E-state index is -0.664. The van der Waals surface area contributed by atoms with Crippen molar-refractivity contribution in [3.63, 3.8) is 0 Å². The van der Waals surface area contributed by atoms with E-state index in [1.807, 2.05) is 72.3 Å². The van der Waals surface area contributed by atoms with Gasteiger partial charge in [0.25, 0.3) is 5.69 Å². The third kappa shape index (κ3) is 5.44. The summed E-state index contributed by atoms with van der Waals surface area (Å²) in [6.07, 6.45) is 0.613. The molecule has 0 aliphatic rings. The number of nitrogens with zero attached hydrogens (tertiary/aromatic N) is 4. The van der Waals surface area contributed by atoms with Crippen LogP contribution < -0.4 is 5.32 Å². The Kier molecular flexibility index (Phi) is 7.24. The summed E-state index contributed by atoms with van der Waals surface area (Å²) in [5.74, 6) is 0.426. The van der Waals surface area contributed by atoms with E-state index in [4.69, 9.17) is 11.6 Å². The van der Waals surface area contributed by atoms with Crippen LogP contribution in [0, 0.1) is 10.1 Å². The van der Waals surface area contributed by atoms with E-state index in [1.165, 1.54) is 30.0 Å². The molecule has 10 heteroatoms. The molecule has 3 aromatic carbocycles. The molecule has 0 fully saturated rings. The van der Waals surface area contributed by atoms with Gasteiger partial charge in [-0.1, -0.05) is 84.0 Å². The van der Waals surface area contributed by atoms with Crippen molar-refractivity contribution in [3.05, 3.63) is 111 Å². The Morgan fingerprint density at radius 2 is 1.76 bits per heavy atom. The second-order valence-electron chi connectivity index (χ2n) is 7.44. The molecule has 1 N–H and O–H groups in total. The number of thioether (sulfide) groups is 1. The molecule has 1 atom stereocenters. The minimum absolute atomic E-state index is 0.00186. The zero-order valence-corrected chi connectivity index (χ0v) is 19.7. The molecule has 1 heterocycles. The highest BCUT2D eigenvalue weighted by molar-refractivity contribution is 8.00. The summed E-state index contributed by atoms with van der Waals surface area (Å²) in [7, 11) is 1.86. The standard InChI is InChI=1S/C24H20ClN5O3S/c1-29-21(14-16-8-4-2-5-9-16)27-28-24(29)34-22(17-10-6-3-7-11-17)23(31)26-18-12-13-19(25)20(15-18)30(32)33/h2-13,15,22H,14H2,1H3,(H,26,31). The lowest BCUT2D eigenvalue weighted by Crippen LogP contribution is -2.19. The molecule has 0 radical (unpaired) electrons. The maximum atomic E-state index is 13.3. The number of hydrogen-bond donors (Lipinski definition) is 1. The molecule has 4 aromatic rings. The van der Waals surface area contributed by atoms with Crippen LogP contribution in [0.2, 0.25) is 5.02 Å². The van der Waals surface area contributed by atoms with Gasteiger partial charge < -0.3 is 9.88 Å². The van der Waals surface area contributed by atoms with Gasteiger partial charge in [0.15, 0.2) is 5.16 Å². The summed E-state index contributed by atoms with van der Waals surface area (Å²) in [5.41, 5.74) is 1.88. The number of anilines is 1. The lowest BCUT2D eigenvalue weighted by molar-refractivity contribution is -0.384. The number of nitrogens with one attached hydrogen (secondary N) is 1. The van der Waals surface area contributed by atoms with E-state index < -0.39 is 10.2 Å². The van der Waals surface area contributed by atoms with Gasteiger partial charge in [-0.3, -0.25) is 14.9 Å². The first-order chi connectivity index (χ1) is 16.4. The SMILES string of the molecule is Cn1c(Cc2ccccc2)nnc1SC(C(=O)Nc1ccc(Cl)c([N+](=O)[O-])c1)c1ccccc1. The summed E-state index contributed by atoms with van der Waals surface area (Å²) >= 11 is 7.15. The van der Waals surface area contributed by atoms with Crippen LogP contribution in [0.25, 0.3) is 0 Å². The number of amides is 1. The third-order valence-corrected chi connectivity index (χ3v) is 6.71. The highest BCUT2D eigenvalue weighted by Gasteiger charge is 2.26. The van der Waals surface area contributed by atoms with E-state index >= 15 is 0 Å². The quantitative estimate of drug-likeness (QED) is 0.199. The Hall–Kier alpha value is -3.69. The van der Waals surface area contributed by atoms with Crippen LogP contribution in [0.4, 0.5) is 11.4 Å². The Balaban J connectivity index is 1.59. The first-order valence-electron chi connectivity index (χ1n) is 10.3. The fraction of sp³-hybridized carbons (Fsp3) is 0.125. The van der Waals surface area contributed by atoms with Gasteiger partial charge in [0.2, 0.25) is 5.91 Å². The fourth-order valence-corrected chi connectivity index (χ4v) is 4.53. The second-order valence-corrected chi connectivity index (χ2v) is 8.92. The predicted octanol–water partition coefficient (Wildman–Crippen LogP) is 5.44. The zero-order valence-electron chi connectivity index (χ0n) is 18.1. The van der Waals surface area contributed by atoms with E-state index in [0.29, 0.717) is 11.6 Å². The van der Waals surface area contributed by atoms with Gasteiger partial charge in [-0.25, -0.2) is 0 Å². The number of nitro benzene ring substituents is 1. The Morgan fingerprint density at radius 3 is 2.44 bits per heavy atom. The molecule has 0 aliphatic carbocycles. The van der Waals surface area contributed by atoms with Crippen LogP contribution in [0.15, 0.2) is 84.0 Å². The average Bonchev–Trinajstić information content (AvgIpc) is 3.18. The third-order valence-electron chi connectivity index (χ3n) is 5.10. The molecular weight excluding hydrogens is 474 g/mol. The molecule has 8 nitrogen and oxygen atoms in total. The van der Waals surface area contributed by atoms with Crippen molar-refractivity contribution in [1.82, 2.24) is 14.8 Å². The van der Waals surface area contributed by atoms with Crippen LogP contribution in [-0.2, 0) is 18.3 Å². The number of aromatic nitrogens is 3. The number of hydrogen-bond acceptors (Lipinski definition) is 6. The molecule has 34 heavy (non-hydrogen) atoms. The summed E-state index contributed by atoms with van der Waals surface area (Å²) in [5, 5.41) is 22.5. The first-order valence-corrected chi connectivity index (χ1v) is 11.6. The topological polar surface area (TPSA) is 103 Å². The normalized spacial score (nSPS) is 11.7. The van der Waals surface area contributed by atoms with Crippen molar-refractivity contribution >= 4 is 40.6 Å². The van der Waals surface area contributed by atoms with Gasteiger partial charge in [0.1, 0.15) is 16.1 Å². The molecule has 1 unspecified atom stereocenters. The molecule has 1 amide bonds. The maximum absolute atomic E-state index is 13.3. The van der Waals surface area contributed by atoms with E-state index in [0.717, 1.165) is 17.0 Å². The van der Waals surface area contributed by atoms with Crippen molar-refractivity contribution in [2.24, 2.45) is 7.05 Å². The Labute approximate surface area is 205 Å². The number of carbonyl (C=O) groups excluding carboxylic acids is 1. The smallest absolute Gasteiger partial charge is 0.289 e. The molecule has 172 valence electrons. The largest absolute Gasteiger partial charge is 0.325 e. The van der Waals surface area contributed by atoms with Crippen LogP contribution in [0.5, 0.6) is 0 Å². The number of rotatable bonds is 8. The van der Waals surface area contributed by atoms with Gasteiger partial charge in [-0.15, -0.1) is 10.2 Å². The molecule has 0 saturated carbocycles. The highest BCUT2D eigenvalue weighted by Crippen LogP contribution is 2.36. The molecular formula is C24H20ClN5O3S. The van der Waals surface area contributed by atoms with Gasteiger partial charge >= 0.3 is 0 Å². The number of carbonyl (C=O) groups is 1.